The third-order valence-electron chi connectivity index (χ3n) is 0.0500. The molecule has 0 amide bonds. The van der Waals surface area contributed by atoms with Crippen LogP contribution >= 0.6 is 0 Å². The Morgan fingerprint density at radius 1 is 1.00 bits per heavy atom. The van der Waals surface area contributed by atoms with Gasteiger partial charge >= 0.3 is 0 Å². The molecule has 0 aliphatic heterocycles. The Balaban J connectivity index is 1.97. The lowest BCUT2D eigenvalue weighted by atomic mass is 15.9. The number of hydrogen-bond acceptors (Lipinski definition) is 2. The average Bonchev–Trinajstić information content (AvgIpc) is 1.37. The summed E-state index contributed by atoms with van der Waals surface area (Å²) >= 11 is 0. The van der Waals surface area contributed by atoms with Gasteiger partial charge in [-0.1, -0.05) is 0 Å². The molecule has 0 bridgehead atoms. The lowest BCUT2D eigenvalue weighted by molar-refractivity contribution is 0.583. The van der Waals surface area contributed by atoms with Gasteiger partial charge in [-0.3, -0.25) is 0 Å². The van der Waals surface area contributed by atoms with Crippen LogP contribution in [0.3, 0.4) is 0 Å². The zero-order valence-corrected chi connectivity index (χ0v) is 3.89. The maximum absolute atomic E-state index is 7.67. The van der Waals surface area contributed by atoms with Crippen molar-refractivity contribution in [1.29, 1.82) is 0 Å². The maximum Gasteiger partial charge on any atom is 0.240 e. The van der Waals surface area contributed by atoms with E-state index in [4.69, 9.17) is 9.59 Å². The molecule has 2 nitrogen and oxygen atoms in total. The van der Waals surface area contributed by atoms with Crippen molar-refractivity contribution in [3.8, 4) is 0 Å². The molecule has 0 heterocycles. The molecule has 0 aliphatic rings. The molecule has 22 valence electrons. The molecule has 0 aromatic heterocycles. The zero-order chi connectivity index (χ0) is 3.41. The normalized spacial score (nSPS) is 7.50. The van der Waals surface area contributed by atoms with Crippen LogP contribution in [0.1, 0.15) is 0 Å². The first-order chi connectivity index (χ1) is 1.91. The summed E-state index contributed by atoms with van der Waals surface area (Å²) in [6.45, 7) is 0. The Morgan fingerprint density at radius 2 is 1.25 bits per heavy atom. The van der Waals surface area contributed by atoms with Crippen LogP contribution < -0.4 is 0 Å². The van der Waals surface area contributed by atoms with E-state index in [1.165, 1.54) is 0 Å². The summed E-state index contributed by atoms with van der Waals surface area (Å²) < 4.78 is 0. The van der Waals surface area contributed by atoms with Gasteiger partial charge < -0.3 is 9.59 Å². The van der Waals surface area contributed by atoms with Gasteiger partial charge in [-0.25, -0.2) is 0 Å². The van der Waals surface area contributed by atoms with Crippen molar-refractivity contribution >= 4 is 18.6 Å². The zero-order valence-electron chi connectivity index (χ0n) is 1.89. The highest BCUT2D eigenvalue weighted by Crippen LogP contribution is 1.26. The Bertz CT molecular complexity index is 6.00. The predicted molar refractivity (Wildman–Crippen MR) is 15.9 cm³/mol. The minimum atomic E-state index is -0.276. The summed E-state index contributed by atoms with van der Waals surface area (Å²) in [5, 5.41) is 0. The molecule has 0 saturated carbocycles. The van der Waals surface area contributed by atoms with E-state index in [1.54, 1.807) is 0 Å². The van der Waals surface area contributed by atoms with Crippen LogP contribution in [-0.2, 0) is 0 Å². The van der Waals surface area contributed by atoms with E-state index in [0.717, 1.165) is 0 Å². The van der Waals surface area contributed by atoms with Crippen LogP contribution in [0.25, 0.3) is 0 Å². The second kappa shape index (κ2) is 3.35. The van der Waals surface area contributed by atoms with Gasteiger partial charge in [0.05, 0.1) is 0 Å². The third kappa shape index (κ3) is 2.35. The summed E-state index contributed by atoms with van der Waals surface area (Å²) in [4.78, 5) is 15.3. The SMILES string of the molecule is O[Si][Si]O. The predicted octanol–water partition coefficient (Wildman–Crippen LogP) is -1.88. The van der Waals surface area contributed by atoms with Gasteiger partial charge in [0.2, 0.25) is 18.6 Å². The minimum absolute atomic E-state index is 0.276. The van der Waals surface area contributed by atoms with E-state index >= 15 is 0 Å². The first-order valence-corrected chi connectivity index (χ1v) is 3.59. The van der Waals surface area contributed by atoms with Gasteiger partial charge in [-0.05, 0) is 0 Å². The van der Waals surface area contributed by atoms with Crippen molar-refractivity contribution in [2.24, 2.45) is 0 Å². The van der Waals surface area contributed by atoms with Crippen LogP contribution in [0.15, 0.2) is 0 Å². The highest BCUT2D eigenvalue weighted by atomic mass is 29.2. The fourth-order valence-electron chi connectivity index (χ4n) is 0. The first kappa shape index (κ1) is 4.35. The second-order valence-corrected chi connectivity index (χ2v) is 2.01. The molecular formula is H2O2Si2. The number of hydrogen-bond donors (Lipinski definition) is 2. The fourth-order valence-corrected chi connectivity index (χ4v) is 0. The second-order valence-electron chi connectivity index (χ2n) is 0.224. The van der Waals surface area contributed by atoms with Crippen molar-refractivity contribution in [3.63, 3.8) is 0 Å². The molecule has 0 fully saturated rings. The lowest BCUT2D eigenvalue weighted by Gasteiger charge is -1.61. The van der Waals surface area contributed by atoms with Gasteiger partial charge in [0, 0.05) is 0 Å². The van der Waals surface area contributed by atoms with Crippen molar-refractivity contribution in [2.75, 3.05) is 0 Å². The Labute approximate surface area is 29.1 Å². The van der Waals surface area contributed by atoms with E-state index in [-0.39, 0.29) is 18.6 Å². The number of rotatable bonds is 1. The van der Waals surface area contributed by atoms with E-state index in [9.17, 15) is 0 Å². The summed E-state index contributed by atoms with van der Waals surface area (Å²) in [7, 11) is -0.552. The summed E-state index contributed by atoms with van der Waals surface area (Å²) in [5.41, 5.74) is 0. The van der Waals surface area contributed by atoms with E-state index in [2.05, 4.69) is 0 Å². The molecule has 2 N–H and O–H groups in total. The fraction of sp³-hybridized carbons (Fsp3) is 0. The molecule has 0 rings (SSSR count). The van der Waals surface area contributed by atoms with Crippen molar-refractivity contribution in [3.05, 3.63) is 0 Å². The standard InChI is InChI=1S/H2O2Si2/c1-3-4-2/h1-2H. The molecule has 0 spiro atoms. The molecular weight excluding hydrogens is 88.2 g/mol. The van der Waals surface area contributed by atoms with Crippen LogP contribution in [-0.4, -0.2) is 28.2 Å². The quantitative estimate of drug-likeness (QED) is 0.370. The summed E-state index contributed by atoms with van der Waals surface area (Å²) in [5.74, 6) is 0. The molecule has 0 atom stereocenters. The van der Waals surface area contributed by atoms with Crippen LogP contribution in [0.5, 0.6) is 0 Å². The molecule has 4 heteroatoms. The lowest BCUT2D eigenvalue weighted by Crippen LogP contribution is -1.97. The molecule has 0 aliphatic carbocycles. The molecule has 0 aromatic rings. The monoisotopic (exact) mass is 90.0 g/mol. The van der Waals surface area contributed by atoms with Gasteiger partial charge in [-0.2, -0.15) is 0 Å². The van der Waals surface area contributed by atoms with Gasteiger partial charge in [0.15, 0.2) is 0 Å². The van der Waals surface area contributed by atoms with Gasteiger partial charge in [-0.15, -0.1) is 0 Å². The molecule has 0 saturated heterocycles. The topological polar surface area (TPSA) is 40.5 Å². The van der Waals surface area contributed by atoms with Crippen LogP contribution in [0.2, 0.25) is 0 Å². The highest BCUT2D eigenvalue weighted by molar-refractivity contribution is 6.92. The van der Waals surface area contributed by atoms with Gasteiger partial charge in [0.1, 0.15) is 0 Å². The van der Waals surface area contributed by atoms with Crippen molar-refractivity contribution in [1.82, 2.24) is 0 Å². The van der Waals surface area contributed by atoms with Gasteiger partial charge in [0.25, 0.3) is 0 Å². The average molecular weight is 90.2 g/mol. The maximum atomic E-state index is 7.67. The molecule has 4 heavy (non-hydrogen) atoms. The van der Waals surface area contributed by atoms with E-state index < -0.39 is 0 Å². The molecule has 4 radical (unpaired) electrons. The molecule has 0 unspecified atom stereocenters. The molecule has 0 aromatic carbocycles. The summed E-state index contributed by atoms with van der Waals surface area (Å²) in [6.07, 6.45) is 0. The minimum Gasteiger partial charge on any atom is -0.433 e. The smallest absolute Gasteiger partial charge is 0.240 e. The highest BCUT2D eigenvalue weighted by Gasteiger charge is 1.71. The van der Waals surface area contributed by atoms with Crippen LogP contribution in [0, 0.1) is 0 Å². The Hall–Kier alpha value is 0.354. The first-order valence-electron chi connectivity index (χ1n) is 0.697. The van der Waals surface area contributed by atoms with E-state index in [0.29, 0.717) is 0 Å². The van der Waals surface area contributed by atoms with Crippen molar-refractivity contribution < 1.29 is 9.59 Å². The van der Waals surface area contributed by atoms with Crippen LogP contribution in [0.4, 0.5) is 0 Å². The van der Waals surface area contributed by atoms with Crippen molar-refractivity contribution in [2.45, 2.75) is 0 Å². The largest absolute Gasteiger partial charge is 0.433 e. The third-order valence-corrected chi connectivity index (χ3v) is 0.450. The Kier molecular flexibility index (Phi) is 3.65. The Morgan fingerprint density at radius 3 is 1.25 bits per heavy atom. The summed E-state index contributed by atoms with van der Waals surface area (Å²) in [6, 6.07) is 0. The van der Waals surface area contributed by atoms with E-state index in [1.807, 2.05) is 0 Å².